The number of nitrogens with zero attached hydrogens (tertiary/aromatic N) is 1. The van der Waals surface area contributed by atoms with Gasteiger partial charge in [-0.05, 0) is 18.6 Å². The molecule has 0 aliphatic carbocycles. The van der Waals surface area contributed by atoms with Crippen LogP contribution in [0.4, 0.5) is 4.79 Å². The molecule has 0 saturated heterocycles. The lowest BCUT2D eigenvalue weighted by molar-refractivity contribution is 0.215. The van der Waals surface area contributed by atoms with Gasteiger partial charge in [-0.25, -0.2) is 4.79 Å². The predicted molar refractivity (Wildman–Crippen MR) is 64.5 cm³/mol. The second-order valence-corrected chi connectivity index (χ2v) is 3.64. The maximum Gasteiger partial charge on any atom is 0.324 e. The zero-order valence-electron chi connectivity index (χ0n) is 9.90. The smallest absolute Gasteiger partial charge is 0.324 e. The van der Waals surface area contributed by atoms with Crippen molar-refractivity contribution in [1.29, 1.82) is 5.41 Å². The third-order valence-corrected chi connectivity index (χ3v) is 2.24. The molecule has 0 aliphatic heterocycles. The Balaban J connectivity index is 2.53. The number of nitrogens with two attached hydrogens (primary N) is 1. The number of guanidine groups is 1. The first kappa shape index (κ1) is 13.1. The summed E-state index contributed by atoms with van der Waals surface area (Å²) in [5.74, 6) is 0.293. The lowest BCUT2D eigenvalue weighted by Gasteiger charge is -2.19. The summed E-state index contributed by atoms with van der Waals surface area (Å²) in [5.41, 5.74) is 5.37. The quantitative estimate of drug-likeness (QED) is 0.412. The number of urea groups is 1. The van der Waals surface area contributed by atoms with Crippen molar-refractivity contribution in [1.82, 2.24) is 10.2 Å². The average molecular weight is 238 g/mol. The Morgan fingerprint density at radius 3 is 2.94 bits per heavy atom. The van der Waals surface area contributed by atoms with Crippen molar-refractivity contribution in [3.05, 3.63) is 24.2 Å². The molecular formula is C11H18N4O2. The van der Waals surface area contributed by atoms with E-state index in [1.165, 1.54) is 6.26 Å². The molecule has 1 aromatic heterocycles. The summed E-state index contributed by atoms with van der Waals surface area (Å²) >= 11 is 0. The Bertz CT molecular complexity index is 362. The minimum absolute atomic E-state index is 0.167. The van der Waals surface area contributed by atoms with Gasteiger partial charge < -0.3 is 15.5 Å². The fourth-order valence-electron chi connectivity index (χ4n) is 1.29. The molecule has 0 bridgehead atoms. The topological polar surface area (TPSA) is 95.4 Å². The van der Waals surface area contributed by atoms with E-state index in [2.05, 4.69) is 5.32 Å². The van der Waals surface area contributed by atoms with Gasteiger partial charge in [-0.2, -0.15) is 0 Å². The molecular weight excluding hydrogens is 220 g/mol. The van der Waals surface area contributed by atoms with Crippen LogP contribution in [0.3, 0.4) is 0 Å². The summed E-state index contributed by atoms with van der Waals surface area (Å²) in [6.07, 6.45) is 3.42. The molecule has 4 N–H and O–H groups in total. The third-order valence-electron chi connectivity index (χ3n) is 2.24. The van der Waals surface area contributed by atoms with E-state index in [0.29, 0.717) is 12.3 Å². The molecule has 0 atom stereocenters. The molecule has 1 rings (SSSR count). The van der Waals surface area contributed by atoms with Crippen LogP contribution in [0, 0.1) is 5.41 Å². The second-order valence-electron chi connectivity index (χ2n) is 3.64. The van der Waals surface area contributed by atoms with Gasteiger partial charge in [0, 0.05) is 6.54 Å². The van der Waals surface area contributed by atoms with Crippen LogP contribution in [-0.2, 0) is 6.54 Å². The molecule has 0 spiro atoms. The molecule has 0 fully saturated rings. The first-order valence-electron chi connectivity index (χ1n) is 5.57. The number of carbonyl (C=O) groups is 1. The molecule has 6 nitrogen and oxygen atoms in total. The van der Waals surface area contributed by atoms with Crippen molar-refractivity contribution in [2.45, 2.75) is 26.3 Å². The van der Waals surface area contributed by atoms with Crippen molar-refractivity contribution in [3.63, 3.8) is 0 Å². The zero-order chi connectivity index (χ0) is 12.7. The standard InChI is InChI=1S/C11H18N4O2/c1-2-3-6-14-11(16)15(10(12)13)8-9-5-4-7-17-9/h4-5,7H,2-3,6,8H2,1H3,(H3,12,13)(H,14,16). The molecule has 0 unspecified atom stereocenters. The lowest BCUT2D eigenvalue weighted by Crippen LogP contribution is -2.46. The van der Waals surface area contributed by atoms with Crippen molar-refractivity contribution >= 4 is 12.0 Å². The molecule has 0 radical (unpaired) electrons. The molecule has 17 heavy (non-hydrogen) atoms. The third kappa shape index (κ3) is 4.18. The van der Waals surface area contributed by atoms with Crippen LogP contribution in [-0.4, -0.2) is 23.4 Å². The number of hydrogen-bond donors (Lipinski definition) is 3. The summed E-state index contributed by atoms with van der Waals surface area (Å²) in [5, 5.41) is 10.1. The molecule has 0 saturated carbocycles. The summed E-state index contributed by atoms with van der Waals surface area (Å²) in [6.45, 7) is 2.79. The summed E-state index contributed by atoms with van der Waals surface area (Å²) in [6, 6.07) is 3.08. The Morgan fingerprint density at radius 2 is 2.41 bits per heavy atom. The molecule has 94 valence electrons. The molecule has 2 amide bonds. The van der Waals surface area contributed by atoms with Gasteiger partial charge in [0.05, 0.1) is 12.8 Å². The largest absolute Gasteiger partial charge is 0.467 e. The van der Waals surface area contributed by atoms with Crippen molar-refractivity contribution in [2.24, 2.45) is 5.73 Å². The van der Waals surface area contributed by atoms with E-state index in [0.717, 1.165) is 17.7 Å². The molecule has 1 heterocycles. The van der Waals surface area contributed by atoms with Gasteiger partial charge in [-0.15, -0.1) is 0 Å². The number of nitrogens with one attached hydrogen (secondary N) is 2. The monoisotopic (exact) mass is 238 g/mol. The highest BCUT2D eigenvalue weighted by Crippen LogP contribution is 2.05. The van der Waals surface area contributed by atoms with E-state index in [1.54, 1.807) is 12.1 Å². The second kappa shape index (κ2) is 6.57. The SMILES string of the molecule is CCCCNC(=O)N(Cc1ccco1)C(=N)N. The number of hydrogen-bond acceptors (Lipinski definition) is 3. The normalized spacial score (nSPS) is 9.94. The number of amides is 2. The van der Waals surface area contributed by atoms with Crippen LogP contribution >= 0.6 is 0 Å². The lowest BCUT2D eigenvalue weighted by atomic mass is 10.3. The van der Waals surface area contributed by atoms with Gasteiger partial charge in [-0.3, -0.25) is 10.3 Å². The van der Waals surface area contributed by atoms with Crippen molar-refractivity contribution in [2.75, 3.05) is 6.54 Å². The summed E-state index contributed by atoms with van der Waals surface area (Å²) < 4.78 is 5.12. The summed E-state index contributed by atoms with van der Waals surface area (Å²) in [4.78, 5) is 12.9. The van der Waals surface area contributed by atoms with Gasteiger partial charge in [0.1, 0.15) is 5.76 Å². The Kier molecular flexibility index (Phi) is 5.06. The van der Waals surface area contributed by atoms with Crippen LogP contribution in [0.1, 0.15) is 25.5 Å². The first-order chi connectivity index (χ1) is 8.15. The van der Waals surface area contributed by atoms with E-state index in [-0.39, 0.29) is 18.5 Å². The van der Waals surface area contributed by atoms with Gasteiger partial charge in [0.25, 0.3) is 0 Å². The van der Waals surface area contributed by atoms with Gasteiger partial charge in [-0.1, -0.05) is 13.3 Å². The van der Waals surface area contributed by atoms with E-state index < -0.39 is 0 Å². The van der Waals surface area contributed by atoms with Crippen LogP contribution in [0.25, 0.3) is 0 Å². The Labute approximate surface area is 100 Å². The highest BCUT2D eigenvalue weighted by Gasteiger charge is 2.17. The van der Waals surface area contributed by atoms with Crippen molar-refractivity contribution < 1.29 is 9.21 Å². The summed E-state index contributed by atoms with van der Waals surface area (Å²) in [7, 11) is 0. The van der Waals surface area contributed by atoms with Crippen LogP contribution in [0.5, 0.6) is 0 Å². The number of carbonyl (C=O) groups excluding carboxylic acids is 1. The van der Waals surface area contributed by atoms with Crippen LogP contribution < -0.4 is 11.1 Å². The Hall–Kier alpha value is -1.98. The molecule has 6 heteroatoms. The minimum Gasteiger partial charge on any atom is -0.467 e. The van der Waals surface area contributed by atoms with E-state index in [1.807, 2.05) is 6.92 Å². The molecule has 0 aromatic carbocycles. The van der Waals surface area contributed by atoms with Crippen molar-refractivity contribution in [3.8, 4) is 0 Å². The van der Waals surface area contributed by atoms with E-state index in [4.69, 9.17) is 15.6 Å². The number of furan rings is 1. The maximum absolute atomic E-state index is 11.7. The van der Waals surface area contributed by atoms with Gasteiger partial charge in [0.2, 0.25) is 0 Å². The zero-order valence-corrected chi connectivity index (χ0v) is 9.90. The van der Waals surface area contributed by atoms with E-state index >= 15 is 0 Å². The average Bonchev–Trinajstić information content (AvgIpc) is 2.78. The van der Waals surface area contributed by atoms with Crippen LogP contribution in [0.15, 0.2) is 22.8 Å². The van der Waals surface area contributed by atoms with E-state index in [9.17, 15) is 4.79 Å². The Morgan fingerprint density at radius 1 is 1.65 bits per heavy atom. The fourth-order valence-corrected chi connectivity index (χ4v) is 1.29. The first-order valence-corrected chi connectivity index (χ1v) is 5.57. The minimum atomic E-state index is -0.373. The maximum atomic E-state index is 11.7. The van der Waals surface area contributed by atoms with Crippen LogP contribution in [0.2, 0.25) is 0 Å². The fraction of sp³-hybridized carbons (Fsp3) is 0.455. The molecule has 0 aliphatic rings. The number of rotatable bonds is 5. The number of unbranched alkanes of at least 4 members (excludes halogenated alkanes) is 1. The highest BCUT2D eigenvalue weighted by molar-refractivity contribution is 5.93. The highest BCUT2D eigenvalue weighted by atomic mass is 16.3. The predicted octanol–water partition coefficient (Wildman–Crippen LogP) is 1.48. The molecule has 1 aromatic rings. The van der Waals surface area contributed by atoms with Gasteiger partial charge in [0.15, 0.2) is 5.96 Å². The van der Waals surface area contributed by atoms with Gasteiger partial charge >= 0.3 is 6.03 Å².